The van der Waals surface area contributed by atoms with Crippen molar-refractivity contribution in [3.63, 3.8) is 0 Å². The normalized spacial score (nSPS) is 9.00. The average molecular weight is 315 g/mol. The molecule has 0 heterocycles. The fourth-order valence-corrected chi connectivity index (χ4v) is 1.68. The van der Waals surface area contributed by atoms with Gasteiger partial charge in [-0.1, -0.05) is 44.2 Å². The zero-order valence-electron chi connectivity index (χ0n) is 10.7. The van der Waals surface area contributed by atoms with Crippen LogP contribution in [0.5, 0.6) is 5.75 Å². The summed E-state index contributed by atoms with van der Waals surface area (Å²) in [6.07, 6.45) is 0. The third-order valence-electron chi connectivity index (χ3n) is 2.36. The van der Waals surface area contributed by atoms with Crippen molar-refractivity contribution in [3.8, 4) is 5.75 Å². The minimum absolute atomic E-state index is 0. The van der Waals surface area contributed by atoms with Crippen molar-refractivity contribution in [3.05, 3.63) is 65.2 Å². The average Bonchev–Trinajstić information content (AvgIpc) is 2.27. The topological polar surface area (TPSA) is 9.23 Å². The molecule has 0 aromatic heterocycles. The van der Waals surface area contributed by atoms with Crippen LogP contribution in [0.25, 0.3) is 0 Å². The second kappa shape index (κ2) is 8.56. The molecule has 0 amide bonds. The fraction of sp³-hybridized carbons (Fsp3) is 0.200. The van der Waals surface area contributed by atoms with Gasteiger partial charge in [-0.3, -0.25) is 0 Å². The minimum atomic E-state index is 0. The summed E-state index contributed by atoms with van der Waals surface area (Å²) >= 11 is 0. The van der Waals surface area contributed by atoms with Gasteiger partial charge in [-0.05, 0) is 5.56 Å². The monoisotopic (exact) mass is 314 g/mol. The van der Waals surface area contributed by atoms with Gasteiger partial charge in [-0.25, -0.2) is 0 Å². The summed E-state index contributed by atoms with van der Waals surface area (Å²) in [6.45, 7) is 4.68. The Bertz CT molecular complexity index is 451. The minimum Gasteiger partial charge on any atom is -1.00 e. The molecule has 2 aromatic carbocycles. The molecule has 90 valence electrons. The first-order valence-electron chi connectivity index (χ1n) is 5.41. The van der Waals surface area contributed by atoms with E-state index in [2.05, 4.69) is 18.2 Å². The van der Waals surface area contributed by atoms with Gasteiger partial charge in [-0.15, -0.1) is 12.1 Å². The maximum atomic E-state index is 5.73. The molecule has 0 atom stereocenters. The van der Waals surface area contributed by atoms with Crippen LogP contribution in [0, 0.1) is 19.9 Å². The molecule has 3 heteroatoms. The largest absolute Gasteiger partial charge is 2.00 e. The second-order valence-corrected chi connectivity index (χ2v) is 3.96. The molecular formula is C15H15BrMgO. The molecule has 0 unspecified atom stereocenters. The first-order valence-corrected chi connectivity index (χ1v) is 5.41. The molecule has 0 bridgehead atoms. The van der Waals surface area contributed by atoms with E-state index < -0.39 is 0 Å². The first kappa shape index (κ1) is 17.5. The summed E-state index contributed by atoms with van der Waals surface area (Å²) < 4.78 is 5.73. The molecule has 18 heavy (non-hydrogen) atoms. The molecule has 0 radical (unpaired) electrons. The maximum Gasteiger partial charge on any atom is 2.00 e. The van der Waals surface area contributed by atoms with Crippen molar-refractivity contribution in [2.24, 2.45) is 0 Å². The van der Waals surface area contributed by atoms with E-state index in [1.807, 2.05) is 44.2 Å². The number of halogens is 1. The van der Waals surface area contributed by atoms with Gasteiger partial charge in [0.05, 0.1) is 0 Å². The van der Waals surface area contributed by atoms with E-state index in [9.17, 15) is 0 Å². The molecule has 1 nitrogen and oxygen atoms in total. The van der Waals surface area contributed by atoms with E-state index in [1.165, 1.54) is 5.56 Å². The molecule has 2 rings (SSSR count). The Morgan fingerprint density at radius 1 is 1.00 bits per heavy atom. The van der Waals surface area contributed by atoms with Crippen molar-refractivity contribution in [2.45, 2.75) is 20.5 Å². The van der Waals surface area contributed by atoms with Gasteiger partial charge in [-0.2, -0.15) is 17.2 Å². The van der Waals surface area contributed by atoms with Crippen molar-refractivity contribution in [1.82, 2.24) is 0 Å². The van der Waals surface area contributed by atoms with E-state index in [-0.39, 0.29) is 40.0 Å². The number of aryl methyl sites for hydroxylation is 2. The van der Waals surface area contributed by atoms with Crippen LogP contribution in [-0.4, -0.2) is 23.1 Å². The molecule has 0 saturated carbocycles. The number of hydrogen-bond donors (Lipinski definition) is 0. The SMILES string of the molecule is Cc1[c-]c(C)cc(OCc2ccccc2)c1.[Br-].[Mg+2]. The fourth-order valence-electron chi connectivity index (χ4n) is 1.68. The molecule has 0 aliphatic carbocycles. The third kappa shape index (κ3) is 5.42. The number of benzene rings is 2. The van der Waals surface area contributed by atoms with Crippen molar-refractivity contribution in [1.29, 1.82) is 0 Å². The predicted octanol–water partition coefficient (Wildman–Crippen LogP) is 0.306. The van der Waals surface area contributed by atoms with E-state index >= 15 is 0 Å². The van der Waals surface area contributed by atoms with Gasteiger partial charge in [0.25, 0.3) is 0 Å². The van der Waals surface area contributed by atoms with E-state index in [4.69, 9.17) is 4.74 Å². The Hall–Kier alpha value is -0.514. The van der Waals surface area contributed by atoms with Gasteiger partial charge in [0.1, 0.15) is 6.61 Å². The van der Waals surface area contributed by atoms with Crippen LogP contribution < -0.4 is 21.7 Å². The van der Waals surface area contributed by atoms with Crippen molar-refractivity contribution in [2.75, 3.05) is 0 Å². The summed E-state index contributed by atoms with van der Waals surface area (Å²) in [5.41, 5.74) is 3.41. The molecule has 0 aliphatic heterocycles. The summed E-state index contributed by atoms with van der Waals surface area (Å²) in [6, 6.07) is 17.4. The van der Waals surface area contributed by atoms with Gasteiger partial charge in [0, 0.05) is 5.75 Å². The Kier molecular flexibility index (Phi) is 8.32. The summed E-state index contributed by atoms with van der Waals surface area (Å²) in [5.74, 6) is 0.914. The zero-order valence-corrected chi connectivity index (χ0v) is 13.7. The zero-order chi connectivity index (χ0) is 11.4. The molecule has 0 fully saturated rings. The van der Waals surface area contributed by atoms with Crippen molar-refractivity contribution < 1.29 is 21.7 Å². The van der Waals surface area contributed by atoms with Gasteiger partial charge < -0.3 is 21.7 Å². The first-order chi connectivity index (χ1) is 7.74. The third-order valence-corrected chi connectivity index (χ3v) is 2.36. The standard InChI is InChI=1S/C15H15O.BrH.Mg/c1-12-8-13(2)10-15(9-12)16-11-14-6-4-3-5-7-14;;/h3-7,9-10H,11H2,1-2H3;1H;/q-1;;+2/p-1. The van der Waals surface area contributed by atoms with Crippen LogP contribution in [0.15, 0.2) is 42.5 Å². The quantitative estimate of drug-likeness (QED) is 0.585. The molecule has 0 aliphatic rings. The molecule has 2 aromatic rings. The molecule has 0 spiro atoms. The Morgan fingerprint density at radius 3 is 2.11 bits per heavy atom. The summed E-state index contributed by atoms with van der Waals surface area (Å²) in [5, 5.41) is 0. The van der Waals surface area contributed by atoms with E-state index in [1.54, 1.807) is 0 Å². The Balaban J connectivity index is 0.00000144. The van der Waals surface area contributed by atoms with Gasteiger partial charge in [0.15, 0.2) is 0 Å². The molecular weight excluding hydrogens is 300 g/mol. The molecule has 0 saturated heterocycles. The Morgan fingerprint density at radius 2 is 1.56 bits per heavy atom. The number of hydrogen-bond acceptors (Lipinski definition) is 1. The van der Waals surface area contributed by atoms with Gasteiger partial charge >= 0.3 is 23.1 Å². The maximum absolute atomic E-state index is 5.73. The Labute approximate surface area is 135 Å². The predicted molar refractivity (Wildman–Crippen MR) is 71.3 cm³/mol. The van der Waals surface area contributed by atoms with Crippen LogP contribution in [0.4, 0.5) is 0 Å². The number of rotatable bonds is 3. The van der Waals surface area contributed by atoms with Crippen LogP contribution in [0.3, 0.4) is 0 Å². The van der Waals surface area contributed by atoms with Crippen LogP contribution in [0.2, 0.25) is 0 Å². The van der Waals surface area contributed by atoms with E-state index in [0.29, 0.717) is 6.61 Å². The van der Waals surface area contributed by atoms with Crippen LogP contribution in [-0.2, 0) is 6.61 Å². The van der Waals surface area contributed by atoms with Crippen molar-refractivity contribution >= 4 is 23.1 Å². The number of ether oxygens (including phenoxy) is 1. The second-order valence-electron chi connectivity index (χ2n) is 3.96. The van der Waals surface area contributed by atoms with Gasteiger partial charge in [0.2, 0.25) is 0 Å². The van der Waals surface area contributed by atoms with Crippen LogP contribution >= 0.6 is 0 Å². The smallest absolute Gasteiger partial charge is 1.00 e. The summed E-state index contributed by atoms with van der Waals surface area (Å²) in [7, 11) is 0. The summed E-state index contributed by atoms with van der Waals surface area (Å²) in [4.78, 5) is 0. The molecule has 0 N–H and O–H groups in total. The van der Waals surface area contributed by atoms with E-state index in [0.717, 1.165) is 16.9 Å². The van der Waals surface area contributed by atoms with Crippen LogP contribution in [0.1, 0.15) is 16.7 Å².